The summed E-state index contributed by atoms with van der Waals surface area (Å²) in [6.07, 6.45) is -1.98. The van der Waals surface area contributed by atoms with Crippen molar-refractivity contribution in [2.75, 3.05) is 22.9 Å². The van der Waals surface area contributed by atoms with Crippen LogP contribution in [0.15, 0.2) is 40.9 Å². The van der Waals surface area contributed by atoms with Crippen molar-refractivity contribution < 1.29 is 30.9 Å². The molecule has 2 aliphatic rings. The third kappa shape index (κ3) is 6.84. The zero-order valence-corrected chi connectivity index (χ0v) is 23.3. The Bertz CT molecular complexity index is 1320. The van der Waals surface area contributed by atoms with Crippen molar-refractivity contribution in [3.63, 3.8) is 0 Å². The maximum Gasteiger partial charge on any atom is 0.416 e. The number of aryl methyl sites for hydroxylation is 3. The van der Waals surface area contributed by atoms with Crippen molar-refractivity contribution in [3.05, 3.63) is 75.5 Å². The second kappa shape index (κ2) is 11.6. The van der Waals surface area contributed by atoms with Gasteiger partial charge in [0.15, 0.2) is 5.82 Å². The molecule has 1 saturated carbocycles. The molecule has 0 N–H and O–H groups in total. The minimum atomic E-state index is -4.92. The first-order valence-corrected chi connectivity index (χ1v) is 14.3. The lowest BCUT2D eigenvalue weighted by atomic mass is 10.00. The van der Waals surface area contributed by atoms with E-state index in [4.69, 9.17) is 4.52 Å². The molecule has 0 aliphatic heterocycles. The van der Waals surface area contributed by atoms with E-state index in [1.165, 1.54) is 36.8 Å². The highest BCUT2D eigenvalue weighted by Crippen LogP contribution is 2.38. The molecule has 0 atom stereocenters. The van der Waals surface area contributed by atoms with Crippen LogP contribution in [0.25, 0.3) is 0 Å². The second-order valence-electron chi connectivity index (χ2n) is 11.4. The molecule has 10 heteroatoms. The summed E-state index contributed by atoms with van der Waals surface area (Å²) in [7, 11) is 0. The number of fused-ring (bicyclic) bond motifs is 1. The summed E-state index contributed by atoms with van der Waals surface area (Å²) in [5.74, 6) is 1.46. The topological polar surface area (TPSA) is 32.5 Å². The van der Waals surface area contributed by atoms with Crippen LogP contribution >= 0.6 is 0 Å². The van der Waals surface area contributed by atoms with Gasteiger partial charge in [-0.1, -0.05) is 24.1 Å². The Hall–Kier alpha value is -3.17. The molecule has 1 fully saturated rings. The van der Waals surface area contributed by atoms with Crippen molar-refractivity contribution in [1.29, 1.82) is 0 Å². The molecule has 2 aliphatic carbocycles. The summed E-state index contributed by atoms with van der Waals surface area (Å²) in [5, 5.41) is 4.09. The predicted molar refractivity (Wildman–Crippen MR) is 146 cm³/mol. The van der Waals surface area contributed by atoms with E-state index < -0.39 is 23.5 Å². The van der Waals surface area contributed by atoms with Gasteiger partial charge in [0, 0.05) is 37.9 Å². The van der Waals surface area contributed by atoms with Gasteiger partial charge in [-0.3, -0.25) is 0 Å². The van der Waals surface area contributed by atoms with Crippen LogP contribution in [0.1, 0.15) is 78.2 Å². The molecule has 0 radical (unpaired) electrons. The molecule has 0 amide bonds. The van der Waals surface area contributed by atoms with E-state index in [2.05, 4.69) is 29.1 Å². The molecule has 1 aromatic heterocycles. The van der Waals surface area contributed by atoms with Gasteiger partial charge in [0.1, 0.15) is 5.76 Å². The van der Waals surface area contributed by atoms with E-state index in [9.17, 15) is 26.3 Å². The quantitative estimate of drug-likeness (QED) is 0.237. The van der Waals surface area contributed by atoms with Crippen LogP contribution in [-0.4, -0.2) is 18.2 Å². The van der Waals surface area contributed by atoms with Gasteiger partial charge in [-0.15, -0.1) is 0 Å². The van der Waals surface area contributed by atoms with Gasteiger partial charge in [0.25, 0.3) is 0 Å². The molecule has 1 heterocycles. The Balaban J connectivity index is 1.54. The first kappa shape index (κ1) is 29.3. The highest BCUT2D eigenvalue weighted by atomic mass is 19.4. The van der Waals surface area contributed by atoms with Crippen molar-refractivity contribution in [2.45, 2.75) is 84.2 Å². The zero-order chi connectivity index (χ0) is 29.4. The highest BCUT2D eigenvalue weighted by Gasteiger charge is 2.37. The zero-order valence-electron chi connectivity index (χ0n) is 23.3. The van der Waals surface area contributed by atoms with Crippen molar-refractivity contribution in [3.8, 4) is 0 Å². The maximum atomic E-state index is 13.6. The minimum absolute atomic E-state index is 0.103. The largest absolute Gasteiger partial charge is 0.416 e. The van der Waals surface area contributed by atoms with E-state index in [-0.39, 0.29) is 24.7 Å². The number of hydrogen-bond acceptors (Lipinski definition) is 4. The Labute approximate surface area is 236 Å². The van der Waals surface area contributed by atoms with Crippen LogP contribution in [0.3, 0.4) is 0 Å². The lowest BCUT2D eigenvalue weighted by Gasteiger charge is -2.31. The average molecular weight is 580 g/mol. The minimum Gasteiger partial charge on any atom is -0.371 e. The fourth-order valence-electron chi connectivity index (χ4n) is 6.24. The number of hydrogen-bond donors (Lipinski definition) is 0. The average Bonchev–Trinajstić information content (AvgIpc) is 3.67. The summed E-state index contributed by atoms with van der Waals surface area (Å²) in [4.78, 5) is 4.08. The van der Waals surface area contributed by atoms with Gasteiger partial charge in [0.05, 0.1) is 11.1 Å². The molecule has 0 unspecified atom stereocenters. The highest BCUT2D eigenvalue weighted by molar-refractivity contribution is 5.60. The molecular formula is C31H35F6N3O. The predicted octanol–water partition coefficient (Wildman–Crippen LogP) is 8.73. The Kier molecular flexibility index (Phi) is 8.30. The fourth-order valence-corrected chi connectivity index (χ4v) is 6.24. The van der Waals surface area contributed by atoms with Gasteiger partial charge >= 0.3 is 12.4 Å². The molecular weight excluding hydrogens is 544 g/mol. The third-order valence-electron chi connectivity index (χ3n) is 8.29. The van der Waals surface area contributed by atoms with Crippen molar-refractivity contribution in [2.24, 2.45) is 5.92 Å². The van der Waals surface area contributed by atoms with E-state index in [1.807, 2.05) is 0 Å². The first-order valence-electron chi connectivity index (χ1n) is 14.3. The van der Waals surface area contributed by atoms with Crippen molar-refractivity contribution >= 4 is 11.5 Å². The molecule has 3 aromatic rings. The van der Waals surface area contributed by atoms with E-state index >= 15 is 0 Å². The standard InChI is InChI=1S/C31H35F6N3O/c1-3-39(17-21-7-4-5-8-21)28-15-24-10-6-9-23(24)14-25(28)19-40(29-11-20(2)41-38-29)18-22-12-26(30(32,33)34)16-27(13-22)31(35,36)37/h11-16,21H,3-10,17-19H2,1-2H3. The number of benzene rings is 2. The normalized spacial score (nSPS) is 15.9. The maximum absolute atomic E-state index is 13.6. The summed E-state index contributed by atoms with van der Waals surface area (Å²) in [6.45, 7) is 5.59. The number of rotatable bonds is 9. The second-order valence-corrected chi connectivity index (χ2v) is 11.4. The Morgan fingerprint density at radius 1 is 0.805 bits per heavy atom. The number of nitrogens with zero attached hydrogens (tertiary/aromatic N) is 3. The van der Waals surface area contributed by atoms with Crippen LogP contribution in [0.5, 0.6) is 0 Å². The van der Waals surface area contributed by atoms with E-state index in [0.717, 1.165) is 55.7 Å². The summed E-state index contributed by atoms with van der Waals surface area (Å²) in [6, 6.07) is 7.81. The molecule has 41 heavy (non-hydrogen) atoms. The lowest BCUT2D eigenvalue weighted by molar-refractivity contribution is -0.143. The number of halogens is 6. The third-order valence-corrected chi connectivity index (χ3v) is 8.29. The van der Waals surface area contributed by atoms with Crippen LogP contribution in [0, 0.1) is 12.8 Å². The smallest absolute Gasteiger partial charge is 0.371 e. The lowest BCUT2D eigenvalue weighted by Crippen LogP contribution is -2.31. The summed E-state index contributed by atoms with van der Waals surface area (Å²) >= 11 is 0. The summed E-state index contributed by atoms with van der Waals surface area (Å²) in [5.41, 5.74) is 1.85. The monoisotopic (exact) mass is 579 g/mol. The fraction of sp³-hybridized carbons (Fsp3) is 0.516. The van der Waals surface area contributed by atoms with E-state index in [1.54, 1.807) is 17.9 Å². The molecule has 4 nitrogen and oxygen atoms in total. The molecule has 5 rings (SSSR count). The molecule has 0 saturated heterocycles. The van der Waals surface area contributed by atoms with Gasteiger partial charge in [0.2, 0.25) is 0 Å². The molecule has 2 aromatic carbocycles. The van der Waals surface area contributed by atoms with Crippen LogP contribution < -0.4 is 9.80 Å². The van der Waals surface area contributed by atoms with Gasteiger partial charge < -0.3 is 14.3 Å². The molecule has 222 valence electrons. The number of alkyl halides is 6. The van der Waals surface area contributed by atoms with Gasteiger partial charge in [-0.25, -0.2) is 0 Å². The van der Waals surface area contributed by atoms with Crippen molar-refractivity contribution in [1.82, 2.24) is 5.16 Å². The van der Waals surface area contributed by atoms with Crippen LogP contribution in [0.2, 0.25) is 0 Å². The van der Waals surface area contributed by atoms with Gasteiger partial charge in [-0.2, -0.15) is 26.3 Å². The van der Waals surface area contributed by atoms with Crippen LogP contribution in [0.4, 0.5) is 37.8 Å². The van der Waals surface area contributed by atoms with Gasteiger partial charge in [-0.05, 0) is 98.4 Å². The Morgan fingerprint density at radius 3 is 2.00 bits per heavy atom. The number of aromatic nitrogens is 1. The van der Waals surface area contributed by atoms with Crippen LogP contribution in [-0.2, 0) is 38.3 Å². The summed E-state index contributed by atoms with van der Waals surface area (Å²) < 4.78 is 86.9. The number of anilines is 2. The SMILES string of the molecule is CCN(CC1CCCC1)c1cc2c(cc1CN(Cc1cc(C(F)(F)F)cc(C(F)(F)F)c1)c1cc(C)on1)CCC2. The molecule has 0 bridgehead atoms. The molecule has 0 spiro atoms. The Morgan fingerprint density at radius 2 is 1.44 bits per heavy atom. The van der Waals surface area contributed by atoms with E-state index in [0.29, 0.717) is 17.5 Å². The first-order chi connectivity index (χ1) is 19.4.